The first-order chi connectivity index (χ1) is 23.8. The zero-order chi connectivity index (χ0) is 31.4. The molecule has 11 rings (SSSR count). The SMILES string of the molecule is c1ccc2c(c1)-c1ccccc1C21c2cc3cc(-c4ccc(-c5cn6ccccc6n5)cc4)ccc3cc2-c2ccc3ccccc3c21. The van der Waals surface area contributed by atoms with Gasteiger partial charge in [0, 0.05) is 18.0 Å². The Bertz CT molecular complexity index is 2700. The average Bonchev–Trinajstić information content (AvgIpc) is 3.81. The maximum Gasteiger partial charge on any atom is 0.137 e. The molecule has 0 fully saturated rings. The van der Waals surface area contributed by atoms with Crippen molar-refractivity contribution in [3.8, 4) is 44.6 Å². The molecule has 0 atom stereocenters. The maximum atomic E-state index is 4.83. The van der Waals surface area contributed by atoms with Crippen molar-refractivity contribution in [3.63, 3.8) is 0 Å². The van der Waals surface area contributed by atoms with Crippen molar-refractivity contribution in [3.05, 3.63) is 192 Å². The number of pyridine rings is 1. The minimum atomic E-state index is -0.390. The van der Waals surface area contributed by atoms with Crippen LogP contribution in [0.1, 0.15) is 22.3 Å². The second-order valence-electron chi connectivity index (χ2n) is 13.2. The van der Waals surface area contributed by atoms with Crippen LogP contribution in [0.4, 0.5) is 0 Å². The summed E-state index contributed by atoms with van der Waals surface area (Å²) in [4.78, 5) is 4.83. The molecule has 2 nitrogen and oxygen atoms in total. The quantitative estimate of drug-likeness (QED) is 0.191. The summed E-state index contributed by atoms with van der Waals surface area (Å²) in [5.74, 6) is 0. The Balaban J connectivity index is 1.13. The van der Waals surface area contributed by atoms with Crippen LogP contribution in [0.3, 0.4) is 0 Å². The van der Waals surface area contributed by atoms with Gasteiger partial charge in [0.1, 0.15) is 5.65 Å². The molecule has 48 heavy (non-hydrogen) atoms. The summed E-state index contributed by atoms with van der Waals surface area (Å²) in [5.41, 5.74) is 15.9. The van der Waals surface area contributed by atoms with Crippen molar-refractivity contribution in [1.29, 1.82) is 0 Å². The fourth-order valence-corrected chi connectivity index (χ4v) is 8.75. The van der Waals surface area contributed by atoms with Gasteiger partial charge < -0.3 is 4.40 Å². The monoisotopic (exact) mass is 608 g/mol. The largest absolute Gasteiger partial charge is 0.306 e. The molecule has 2 aliphatic carbocycles. The third-order valence-electron chi connectivity index (χ3n) is 10.8. The van der Waals surface area contributed by atoms with Crippen LogP contribution in [0.25, 0.3) is 71.8 Å². The van der Waals surface area contributed by atoms with Crippen LogP contribution < -0.4 is 0 Å². The van der Waals surface area contributed by atoms with Gasteiger partial charge in [-0.15, -0.1) is 0 Å². The Morgan fingerprint density at radius 3 is 1.94 bits per heavy atom. The van der Waals surface area contributed by atoms with E-state index in [2.05, 4.69) is 150 Å². The zero-order valence-electron chi connectivity index (χ0n) is 26.1. The fourth-order valence-electron chi connectivity index (χ4n) is 8.75. The molecule has 1 spiro atoms. The van der Waals surface area contributed by atoms with Gasteiger partial charge in [-0.3, -0.25) is 0 Å². The van der Waals surface area contributed by atoms with E-state index in [4.69, 9.17) is 4.98 Å². The van der Waals surface area contributed by atoms with Gasteiger partial charge in [-0.1, -0.05) is 127 Å². The van der Waals surface area contributed by atoms with Gasteiger partial charge in [0.05, 0.1) is 11.1 Å². The lowest BCUT2D eigenvalue weighted by Gasteiger charge is -2.31. The second-order valence-corrected chi connectivity index (χ2v) is 13.2. The molecule has 2 heterocycles. The summed E-state index contributed by atoms with van der Waals surface area (Å²) in [5, 5.41) is 5.13. The highest BCUT2D eigenvalue weighted by atomic mass is 15.0. The molecule has 2 aromatic heterocycles. The number of hydrogen-bond acceptors (Lipinski definition) is 1. The van der Waals surface area contributed by atoms with Crippen LogP contribution in [-0.2, 0) is 5.41 Å². The van der Waals surface area contributed by atoms with Crippen LogP contribution in [0, 0.1) is 0 Å². The first kappa shape index (κ1) is 25.9. The topological polar surface area (TPSA) is 17.3 Å². The van der Waals surface area contributed by atoms with Crippen LogP contribution in [0.5, 0.6) is 0 Å². The van der Waals surface area contributed by atoms with Gasteiger partial charge >= 0.3 is 0 Å². The molecule has 0 unspecified atom stereocenters. The van der Waals surface area contributed by atoms with Crippen molar-refractivity contribution in [2.75, 3.05) is 0 Å². The molecular weight excluding hydrogens is 581 g/mol. The Hall–Kier alpha value is -6.25. The number of rotatable bonds is 2. The first-order valence-electron chi connectivity index (χ1n) is 16.6. The Morgan fingerprint density at radius 1 is 0.438 bits per heavy atom. The number of aromatic nitrogens is 2. The predicted molar refractivity (Wildman–Crippen MR) is 197 cm³/mol. The van der Waals surface area contributed by atoms with E-state index in [1.165, 1.54) is 77.2 Å². The van der Waals surface area contributed by atoms with Gasteiger partial charge in [-0.2, -0.15) is 0 Å². The zero-order valence-corrected chi connectivity index (χ0v) is 26.1. The standard InChI is InChI=1S/C46H28N2/c1-2-10-35-30(9-1)22-23-38-39-26-33-21-20-32(29-16-18-31(19-17-29)43-28-48-24-8-7-15-44(48)47-43)25-34(33)27-42(39)46(45(35)38)40-13-5-3-11-36(40)37-12-4-6-14-41(37)46/h1-28H. The maximum absolute atomic E-state index is 4.83. The minimum Gasteiger partial charge on any atom is -0.306 e. The molecule has 0 saturated carbocycles. The van der Waals surface area contributed by atoms with Gasteiger partial charge in [0.2, 0.25) is 0 Å². The van der Waals surface area contributed by atoms with E-state index >= 15 is 0 Å². The van der Waals surface area contributed by atoms with Crippen molar-refractivity contribution < 1.29 is 0 Å². The predicted octanol–water partition coefficient (Wildman–Crippen LogP) is 11.3. The summed E-state index contributed by atoms with van der Waals surface area (Å²) >= 11 is 0. The third kappa shape index (κ3) is 3.34. The van der Waals surface area contributed by atoms with Crippen molar-refractivity contribution >= 4 is 27.2 Å². The number of imidazole rings is 1. The van der Waals surface area contributed by atoms with E-state index in [9.17, 15) is 0 Å². The fraction of sp³-hybridized carbons (Fsp3) is 0.0217. The van der Waals surface area contributed by atoms with E-state index in [0.717, 1.165) is 16.9 Å². The Labute approximate surface area is 278 Å². The molecule has 0 saturated heterocycles. The Kier molecular flexibility index (Phi) is 5.07. The molecule has 0 bridgehead atoms. The van der Waals surface area contributed by atoms with Crippen molar-refractivity contribution in [2.24, 2.45) is 0 Å². The number of hydrogen-bond donors (Lipinski definition) is 0. The van der Waals surface area contributed by atoms with E-state index < -0.39 is 5.41 Å². The smallest absolute Gasteiger partial charge is 0.137 e. The van der Waals surface area contributed by atoms with Gasteiger partial charge in [0.25, 0.3) is 0 Å². The van der Waals surface area contributed by atoms with Crippen LogP contribution in [0.2, 0.25) is 0 Å². The molecular formula is C46H28N2. The third-order valence-corrected chi connectivity index (χ3v) is 10.8. The highest BCUT2D eigenvalue weighted by Gasteiger charge is 2.52. The molecule has 0 N–H and O–H groups in total. The van der Waals surface area contributed by atoms with Gasteiger partial charge in [0.15, 0.2) is 0 Å². The van der Waals surface area contributed by atoms with Crippen LogP contribution in [0.15, 0.2) is 170 Å². The summed E-state index contributed by atoms with van der Waals surface area (Å²) in [6.45, 7) is 0. The van der Waals surface area contributed by atoms with Crippen LogP contribution >= 0.6 is 0 Å². The highest BCUT2D eigenvalue weighted by Crippen LogP contribution is 2.64. The normalized spacial score (nSPS) is 13.6. The van der Waals surface area contributed by atoms with Crippen LogP contribution in [-0.4, -0.2) is 9.38 Å². The van der Waals surface area contributed by atoms with Crippen molar-refractivity contribution in [1.82, 2.24) is 9.38 Å². The number of fused-ring (bicyclic) bond motifs is 14. The molecule has 2 aliphatic rings. The molecule has 0 amide bonds. The first-order valence-corrected chi connectivity index (χ1v) is 16.6. The summed E-state index contributed by atoms with van der Waals surface area (Å²) < 4.78 is 2.07. The minimum absolute atomic E-state index is 0.390. The summed E-state index contributed by atoms with van der Waals surface area (Å²) in [6, 6.07) is 58.5. The van der Waals surface area contributed by atoms with E-state index in [1.807, 2.05) is 24.4 Å². The number of nitrogens with zero attached hydrogens (tertiary/aromatic N) is 2. The van der Waals surface area contributed by atoms with Gasteiger partial charge in [-0.25, -0.2) is 4.98 Å². The molecule has 2 heteroatoms. The lowest BCUT2D eigenvalue weighted by atomic mass is 9.69. The molecule has 9 aromatic rings. The average molecular weight is 609 g/mol. The molecule has 0 radical (unpaired) electrons. The van der Waals surface area contributed by atoms with E-state index in [1.54, 1.807) is 0 Å². The summed E-state index contributed by atoms with van der Waals surface area (Å²) in [7, 11) is 0. The van der Waals surface area contributed by atoms with E-state index in [0.29, 0.717) is 0 Å². The van der Waals surface area contributed by atoms with E-state index in [-0.39, 0.29) is 0 Å². The van der Waals surface area contributed by atoms with Gasteiger partial charge in [-0.05, 0) is 108 Å². The lowest BCUT2D eigenvalue weighted by molar-refractivity contribution is 0.802. The lowest BCUT2D eigenvalue weighted by Crippen LogP contribution is -2.26. The number of benzene rings is 7. The molecule has 222 valence electrons. The second kappa shape index (κ2) is 9.40. The molecule has 7 aromatic carbocycles. The Morgan fingerprint density at radius 2 is 1.12 bits per heavy atom. The van der Waals surface area contributed by atoms with Crippen molar-refractivity contribution in [2.45, 2.75) is 5.41 Å². The highest BCUT2D eigenvalue weighted by molar-refractivity contribution is 6.06. The summed E-state index contributed by atoms with van der Waals surface area (Å²) in [6.07, 6.45) is 4.14. The molecule has 0 aliphatic heterocycles.